The molecule has 1 N–H and O–H groups in total. The van der Waals surface area contributed by atoms with Crippen molar-refractivity contribution in [3.8, 4) is 11.1 Å². The standard InChI is InChI=1S/C25H27FN4O/c1-17-27-14-24(20-7-9-22(26)10-8-20)25(28-17)21-4-3-13-30(16-21)15-19-5-11-23(12-6-19)29-18(2)31/h5-12,14,21H,3-4,13,15-16H2,1-2H3,(H,29,31). The van der Waals surface area contributed by atoms with Crippen LogP contribution >= 0.6 is 0 Å². The summed E-state index contributed by atoms with van der Waals surface area (Å²) in [6.45, 7) is 6.23. The molecular formula is C25H27FN4O. The van der Waals surface area contributed by atoms with Crippen molar-refractivity contribution in [3.63, 3.8) is 0 Å². The number of aryl methyl sites for hydroxylation is 1. The van der Waals surface area contributed by atoms with Crippen LogP contribution in [0.1, 0.15) is 42.8 Å². The van der Waals surface area contributed by atoms with Gasteiger partial charge in [0, 0.05) is 43.4 Å². The van der Waals surface area contributed by atoms with Gasteiger partial charge in [-0.05, 0) is 61.7 Å². The lowest BCUT2D eigenvalue weighted by Gasteiger charge is -2.33. The van der Waals surface area contributed by atoms with Gasteiger partial charge in [-0.2, -0.15) is 0 Å². The van der Waals surface area contributed by atoms with E-state index in [1.807, 2.05) is 25.3 Å². The number of anilines is 1. The number of benzene rings is 2. The topological polar surface area (TPSA) is 58.1 Å². The Hall–Kier alpha value is -3.12. The van der Waals surface area contributed by atoms with Crippen molar-refractivity contribution >= 4 is 11.6 Å². The third-order valence-electron chi connectivity index (χ3n) is 5.67. The normalized spacial score (nSPS) is 16.8. The number of halogens is 1. The van der Waals surface area contributed by atoms with Crippen molar-refractivity contribution in [2.45, 2.75) is 39.2 Å². The van der Waals surface area contributed by atoms with Crippen LogP contribution in [-0.2, 0) is 11.3 Å². The van der Waals surface area contributed by atoms with Crippen molar-refractivity contribution in [3.05, 3.63) is 77.6 Å². The number of hydrogen-bond acceptors (Lipinski definition) is 4. The fourth-order valence-electron chi connectivity index (χ4n) is 4.23. The van der Waals surface area contributed by atoms with E-state index in [1.165, 1.54) is 24.6 Å². The first-order valence-electron chi connectivity index (χ1n) is 10.7. The molecular weight excluding hydrogens is 391 g/mol. The molecule has 1 aromatic heterocycles. The summed E-state index contributed by atoms with van der Waals surface area (Å²) in [7, 11) is 0. The highest BCUT2D eigenvalue weighted by Crippen LogP contribution is 2.33. The lowest BCUT2D eigenvalue weighted by molar-refractivity contribution is -0.114. The van der Waals surface area contributed by atoms with Gasteiger partial charge in [0.05, 0.1) is 5.69 Å². The molecule has 0 spiro atoms. The number of rotatable bonds is 5. The Balaban J connectivity index is 1.51. The molecule has 1 atom stereocenters. The molecule has 1 unspecified atom stereocenters. The monoisotopic (exact) mass is 418 g/mol. The molecule has 2 heterocycles. The van der Waals surface area contributed by atoms with Crippen molar-refractivity contribution in [2.24, 2.45) is 0 Å². The van der Waals surface area contributed by atoms with Gasteiger partial charge in [-0.1, -0.05) is 24.3 Å². The van der Waals surface area contributed by atoms with Gasteiger partial charge in [0.1, 0.15) is 11.6 Å². The Morgan fingerprint density at radius 3 is 2.61 bits per heavy atom. The molecule has 5 nitrogen and oxygen atoms in total. The molecule has 4 rings (SSSR count). The molecule has 1 fully saturated rings. The van der Waals surface area contributed by atoms with E-state index in [4.69, 9.17) is 4.98 Å². The lowest BCUT2D eigenvalue weighted by Crippen LogP contribution is -2.34. The number of carbonyl (C=O) groups excluding carboxylic acids is 1. The minimum atomic E-state index is -0.244. The van der Waals surface area contributed by atoms with Crippen LogP contribution in [0.5, 0.6) is 0 Å². The van der Waals surface area contributed by atoms with Gasteiger partial charge >= 0.3 is 0 Å². The Morgan fingerprint density at radius 1 is 1.16 bits per heavy atom. The maximum absolute atomic E-state index is 13.4. The maximum atomic E-state index is 13.4. The van der Waals surface area contributed by atoms with Crippen molar-refractivity contribution in [1.82, 2.24) is 14.9 Å². The van der Waals surface area contributed by atoms with Crippen LogP contribution in [0.3, 0.4) is 0 Å². The van der Waals surface area contributed by atoms with Crippen molar-refractivity contribution in [1.29, 1.82) is 0 Å². The molecule has 0 radical (unpaired) electrons. The highest BCUT2D eigenvalue weighted by atomic mass is 19.1. The largest absolute Gasteiger partial charge is 0.326 e. The number of amides is 1. The van der Waals surface area contributed by atoms with Gasteiger partial charge in [-0.3, -0.25) is 9.69 Å². The van der Waals surface area contributed by atoms with Crippen LogP contribution in [0.2, 0.25) is 0 Å². The summed E-state index contributed by atoms with van der Waals surface area (Å²) in [5.74, 6) is 0.746. The van der Waals surface area contributed by atoms with Crippen LogP contribution in [0.4, 0.5) is 10.1 Å². The quantitative estimate of drug-likeness (QED) is 0.638. The third kappa shape index (κ3) is 5.33. The predicted octanol–water partition coefficient (Wildman–Crippen LogP) is 4.93. The third-order valence-corrected chi connectivity index (χ3v) is 5.67. The summed E-state index contributed by atoms with van der Waals surface area (Å²) < 4.78 is 13.4. The van der Waals surface area contributed by atoms with Crippen LogP contribution in [-0.4, -0.2) is 33.9 Å². The molecule has 160 valence electrons. The van der Waals surface area contributed by atoms with E-state index in [0.717, 1.165) is 60.8 Å². The Bertz CT molecular complexity index is 1050. The van der Waals surface area contributed by atoms with E-state index in [2.05, 4.69) is 27.3 Å². The summed E-state index contributed by atoms with van der Waals surface area (Å²) in [4.78, 5) is 22.9. The van der Waals surface area contributed by atoms with Gasteiger partial charge in [-0.25, -0.2) is 14.4 Å². The molecule has 31 heavy (non-hydrogen) atoms. The number of hydrogen-bond donors (Lipinski definition) is 1. The number of aromatic nitrogens is 2. The number of carbonyl (C=O) groups is 1. The van der Waals surface area contributed by atoms with Gasteiger partial charge in [0.25, 0.3) is 0 Å². The molecule has 2 aromatic carbocycles. The molecule has 0 aliphatic carbocycles. The highest BCUT2D eigenvalue weighted by Gasteiger charge is 2.25. The van der Waals surface area contributed by atoms with E-state index >= 15 is 0 Å². The van der Waals surface area contributed by atoms with E-state index in [-0.39, 0.29) is 11.7 Å². The number of likely N-dealkylation sites (tertiary alicyclic amines) is 1. The minimum Gasteiger partial charge on any atom is -0.326 e. The van der Waals surface area contributed by atoms with E-state index in [9.17, 15) is 9.18 Å². The van der Waals surface area contributed by atoms with Crippen LogP contribution in [0.25, 0.3) is 11.1 Å². The predicted molar refractivity (Wildman–Crippen MR) is 120 cm³/mol. The Morgan fingerprint density at radius 2 is 1.90 bits per heavy atom. The molecule has 1 amide bonds. The lowest BCUT2D eigenvalue weighted by atomic mass is 9.89. The Kier molecular flexibility index (Phi) is 6.37. The molecule has 1 aliphatic rings. The van der Waals surface area contributed by atoms with Crippen LogP contribution in [0, 0.1) is 12.7 Å². The van der Waals surface area contributed by atoms with Gasteiger partial charge in [-0.15, -0.1) is 0 Å². The fraction of sp³-hybridized carbons (Fsp3) is 0.320. The van der Waals surface area contributed by atoms with Gasteiger partial charge in [0.15, 0.2) is 0 Å². The number of nitrogens with one attached hydrogen (secondary N) is 1. The van der Waals surface area contributed by atoms with E-state index in [1.54, 1.807) is 12.1 Å². The molecule has 6 heteroatoms. The first-order valence-corrected chi connectivity index (χ1v) is 10.7. The molecule has 3 aromatic rings. The summed E-state index contributed by atoms with van der Waals surface area (Å²) >= 11 is 0. The first-order chi connectivity index (χ1) is 15.0. The molecule has 1 aliphatic heterocycles. The smallest absolute Gasteiger partial charge is 0.221 e. The first kappa shape index (κ1) is 21.1. The van der Waals surface area contributed by atoms with Crippen LogP contribution < -0.4 is 5.32 Å². The second-order valence-electron chi connectivity index (χ2n) is 8.18. The number of nitrogens with zero attached hydrogens (tertiary/aromatic N) is 3. The number of piperidine rings is 1. The molecule has 0 bridgehead atoms. The van der Waals surface area contributed by atoms with Crippen molar-refractivity contribution in [2.75, 3.05) is 18.4 Å². The molecule has 1 saturated heterocycles. The van der Waals surface area contributed by atoms with Gasteiger partial charge < -0.3 is 5.32 Å². The zero-order valence-electron chi connectivity index (χ0n) is 17.9. The average Bonchev–Trinajstić information content (AvgIpc) is 2.76. The zero-order chi connectivity index (χ0) is 21.8. The maximum Gasteiger partial charge on any atom is 0.221 e. The fourth-order valence-corrected chi connectivity index (χ4v) is 4.23. The zero-order valence-corrected chi connectivity index (χ0v) is 17.9. The van der Waals surface area contributed by atoms with E-state index < -0.39 is 0 Å². The van der Waals surface area contributed by atoms with Gasteiger partial charge in [0.2, 0.25) is 5.91 Å². The summed E-state index contributed by atoms with van der Waals surface area (Å²) in [6, 6.07) is 14.6. The van der Waals surface area contributed by atoms with E-state index in [0.29, 0.717) is 5.92 Å². The summed E-state index contributed by atoms with van der Waals surface area (Å²) in [5, 5.41) is 2.80. The summed E-state index contributed by atoms with van der Waals surface area (Å²) in [6.07, 6.45) is 4.04. The minimum absolute atomic E-state index is 0.0660. The molecule has 0 saturated carbocycles. The second kappa shape index (κ2) is 9.35. The summed E-state index contributed by atoms with van der Waals surface area (Å²) in [5.41, 5.74) is 5.00. The second-order valence-corrected chi connectivity index (χ2v) is 8.18. The van der Waals surface area contributed by atoms with Crippen molar-refractivity contribution < 1.29 is 9.18 Å². The Labute approximate surface area is 182 Å². The highest BCUT2D eigenvalue weighted by molar-refractivity contribution is 5.88. The average molecular weight is 419 g/mol. The SMILES string of the molecule is CC(=O)Nc1ccc(CN2CCCC(c3nc(C)ncc3-c3ccc(F)cc3)C2)cc1. The van der Waals surface area contributed by atoms with Crippen LogP contribution in [0.15, 0.2) is 54.7 Å².